The Bertz CT molecular complexity index is 1130. The molecule has 7 heteroatoms. The number of oxime groups is 1. The van der Waals surface area contributed by atoms with Gasteiger partial charge < -0.3 is 14.9 Å². The molecule has 2 N–H and O–H groups in total. The van der Waals surface area contributed by atoms with Crippen molar-refractivity contribution < 1.29 is 9.94 Å². The highest BCUT2D eigenvalue weighted by molar-refractivity contribution is 9.10. The van der Waals surface area contributed by atoms with Crippen LogP contribution in [0.15, 0.2) is 57.1 Å². The lowest BCUT2D eigenvalue weighted by atomic mass is 10.0. The van der Waals surface area contributed by atoms with Crippen LogP contribution in [0, 0.1) is 0 Å². The molecule has 31 heavy (non-hydrogen) atoms. The summed E-state index contributed by atoms with van der Waals surface area (Å²) >= 11 is 3.52. The fourth-order valence-electron chi connectivity index (χ4n) is 3.98. The smallest absolute Gasteiger partial charge is 0.199 e. The first-order valence-electron chi connectivity index (χ1n) is 10.7. The number of aromatic amines is 1. The minimum atomic E-state index is 0.0735. The lowest BCUT2D eigenvalue weighted by molar-refractivity contribution is 0.111. The van der Waals surface area contributed by atoms with Gasteiger partial charge in [-0.3, -0.25) is 4.90 Å². The topological polar surface area (TPSA) is 73.2 Å². The maximum atomic E-state index is 10.7. The van der Waals surface area contributed by atoms with Crippen LogP contribution in [0.5, 0.6) is 5.88 Å². The maximum Gasteiger partial charge on any atom is 0.199 e. The number of H-pyrrole nitrogens is 1. The number of hydrogen-bond donors (Lipinski definition) is 2. The van der Waals surface area contributed by atoms with E-state index < -0.39 is 0 Å². The molecule has 1 aliphatic heterocycles. The second-order valence-electron chi connectivity index (χ2n) is 7.63. The number of rotatable bonds is 9. The van der Waals surface area contributed by atoms with Gasteiger partial charge in [-0.15, -0.1) is 0 Å². The van der Waals surface area contributed by atoms with E-state index in [4.69, 9.17) is 9.83 Å². The average molecular weight is 483 g/mol. The molecular formula is C24H27BrN4O2. The Morgan fingerprint density at radius 1 is 1.10 bits per heavy atom. The van der Waals surface area contributed by atoms with Gasteiger partial charge in [0.2, 0.25) is 0 Å². The van der Waals surface area contributed by atoms with Crippen molar-refractivity contribution in [3.8, 4) is 5.88 Å². The second kappa shape index (κ2) is 9.66. The monoisotopic (exact) mass is 482 g/mol. The molecule has 0 atom stereocenters. The highest BCUT2D eigenvalue weighted by atomic mass is 79.9. The lowest BCUT2D eigenvalue weighted by Gasteiger charge is -2.19. The molecule has 0 radical (unpaired) electrons. The molecule has 0 fully saturated rings. The van der Waals surface area contributed by atoms with Crippen LogP contribution in [-0.4, -0.2) is 52.7 Å². The van der Waals surface area contributed by atoms with Crippen LogP contribution < -0.4 is 0 Å². The van der Waals surface area contributed by atoms with Gasteiger partial charge >= 0.3 is 0 Å². The van der Waals surface area contributed by atoms with Crippen molar-refractivity contribution in [3.05, 3.63) is 58.1 Å². The van der Waals surface area contributed by atoms with Gasteiger partial charge in [0.1, 0.15) is 18.0 Å². The van der Waals surface area contributed by atoms with Crippen molar-refractivity contribution in [3.63, 3.8) is 0 Å². The SMILES string of the molecule is CCCN(CCC)CCON=C1C(c2c(O)[nH]c3ccc(Br)cc23)=Nc2ccccc21. The summed E-state index contributed by atoms with van der Waals surface area (Å²) in [6.07, 6.45) is 2.24. The Balaban J connectivity index is 1.64. The predicted octanol–water partition coefficient (Wildman–Crippen LogP) is 5.61. The largest absolute Gasteiger partial charge is 0.494 e. The predicted molar refractivity (Wildman–Crippen MR) is 130 cm³/mol. The van der Waals surface area contributed by atoms with Crippen molar-refractivity contribution in [1.29, 1.82) is 0 Å². The van der Waals surface area contributed by atoms with Gasteiger partial charge in [0.05, 0.1) is 11.3 Å². The van der Waals surface area contributed by atoms with E-state index in [0.717, 1.165) is 59.1 Å². The van der Waals surface area contributed by atoms with E-state index in [0.29, 0.717) is 23.6 Å². The van der Waals surface area contributed by atoms with E-state index in [1.165, 1.54) is 0 Å². The Hall–Kier alpha value is -2.64. The van der Waals surface area contributed by atoms with Crippen molar-refractivity contribution >= 4 is 43.9 Å². The summed E-state index contributed by atoms with van der Waals surface area (Å²) in [4.78, 5) is 16.0. The van der Waals surface area contributed by atoms with E-state index in [9.17, 15) is 5.11 Å². The summed E-state index contributed by atoms with van der Waals surface area (Å²) in [5.41, 5.74) is 4.45. The van der Waals surface area contributed by atoms with Gasteiger partial charge in [0, 0.05) is 27.5 Å². The zero-order valence-electron chi connectivity index (χ0n) is 17.9. The number of nitrogens with zero attached hydrogens (tertiary/aromatic N) is 3. The van der Waals surface area contributed by atoms with Gasteiger partial charge in [-0.05, 0) is 50.2 Å². The number of halogens is 1. The standard InChI is InChI=1S/C24H27BrN4O2/c1-3-11-29(12-4-2)13-14-31-28-22-17-7-5-6-8-19(17)26-23(22)21-18-15-16(25)9-10-20(18)27-24(21)30/h5-10,15,27,30H,3-4,11-14H2,1-2H3. The maximum absolute atomic E-state index is 10.7. The average Bonchev–Trinajstić information content (AvgIpc) is 3.27. The van der Waals surface area contributed by atoms with Crippen LogP contribution >= 0.6 is 15.9 Å². The first-order chi connectivity index (χ1) is 15.1. The fourth-order valence-corrected chi connectivity index (χ4v) is 4.34. The normalized spacial score (nSPS) is 14.5. The molecule has 2 heterocycles. The number of aromatic hydroxyl groups is 1. The van der Waals surface area contributed by atoms with Crippen LogP contribution in [0.1, 0.15) is 37.8 Å². The zero-order valence-corrected chi connectivity index (χ0v) is 19.4. The molecule has 0 amide bonds. The van der Waals surface area contributed by atoms with E-state index in [-0.39, 0.29) is 5.88 Å². The van der Waals surface area contributed by atoms with E-state index >= 15 is 0 Å². The van der Waals surface area contributed by atoms with E-state index in [1.54, 1.807) is 0 Å². The molecule has 0 saturated carbocycles. The van der Waals surface area contributed by atoms with Gasteiger partial charge in [-0.1, -0.05) is 53.1 Å². The quantitative estimate of drug-likeness (QED) is 0.307. The number of benzene rings is 2. The second-order valence-corrected chi connectivity index (χ2v) is 8.55. The van der Waals surface area contributed by atoms with Gasteiger partial charge in [0.25, 0.3) is 0 Å². The number of nitrogens with one attached hydrogen (secondary N) is 1. The molecule has 0 aliphatic carbocycles. The number of fused-ring (bicyclic) bond motifs is 2. The molecular weight excluding hydrogens is 456 g/mol. The molecule has 1 aliphatic rings. The third-order valence-electron chi connectivity index (χ3n) is 5.33. The molecule has 0 unspecified atom stereocenters. The minimum Gasteiger partial charge on any atom is -0.494 e. The summed E-state index contributed by atoms with van der Waals surface area (Å²) in [6.45, 7) is 7.83. The highest BCUT2D eigenvalue weighted by Gasteiger charge is 2.29. The third-order valence-corrected chi connectivity index (χ3v) is 5.82. The Morgan fingerprint density at radius 3 is 2.65 bits per heavy atom. The Morgan fingerprint density at radius 2 is 1.87 bits per heavy atom. The van der Waals surface area contributed by atoms with Crippen LogP contribution in [0.3, 0.4) is 0 Å². The minimum absolute atomic E-state index is 0.0735. The molecule has 6 nitrogen and oxygen atoms in total. The summed E-state index contributed by atoms with van der Waals surface area (Å²) in [7, 11) is 0. The van der Waals surface area contributed by atoms with Crippen LogP contribution in [0.25, 0.3) is 10.9 Å². The Kier molecular flexibility index (Phi) is 6.73. The first kappa shape index (κ1) is 21.6. The molecule has 0 saturated heterocycles. The van der Waals surface area contributed by atoms with Crippen LogP contribution in [-0.2, 0) is 4.84 Å². The van der Waals surface area contributed by atoms with E-state index in [1.807, 2.05) is 42.5 Å². The third kappa shape index (κ3) is 4.52. The van der Waals surface area contributed by atoms with E-state index in [2.05, 4.69) is 44.8 Å². The molecule has 4 rings (SSSR count). The number of aromatic nitrogens is 1. The molecule has 2 aromatic carbocycles. The van der Waals surface area contributed by atoms with Crippen molar-refractivity contribution in [2.24, 2.45) is 10.1 Å². The molecule has 0 spiro atoms. The summed E-state index contributed by atoms with van der Waals surface area (Å²) in [5, 5.41) is 16.1. The molecule has 162 valence electrons. The summed E-state index contributed by atoms with van der Waals surface area (Å²) in [5.74, 6) is 0.0735. The number of para-hydroxylation sites is 1. The molecule has 1 aromatic heterocycles. The highest BCUT2D eigenvalue weighted by Crippen LogP contribution is 2.36. The summed E-state index contributed by atoms with van der Waals surface area (Å²) in [6, 6.07) is 13.7. The van der Waals surface area contributed by atoms with Crippen LogP contribution in [0.4, 0.5) is 5.69 Å². The van der Waals surface area contributed by atoms with Crippen molar-refractivity contribution in [2.45, 2.75) is 26.7 Å². The molecule has 3 aromatic rings. The van der Waals surface area contributed by atoms with Gasteiger partial charge in [0.15, 0.2) is 5.88 Å². The van der Waals surface area contributed by atoms with Crippen LogP contribution in [0.2, 0.25) is 0 Å². The van der Waals surface area contributed by atoms with Crippen molar-refractivity contribution in [2.75, 3.05) is 26.2 Å². The molecule has 0 bridgehead atoms. The number of aliphatic imine (C=N–C) groups is 1. The summed E-state index contributed by atoms with van der Waals surface area (Å²) < 4.78 is 0.929. The first-order valence-corrected chi connectivity index (χ1v) is 11.5. The van der Waals surface area contributed by atoms with Crippen molar-refractivity contribution in [1.82, 2.24) is 9.88 Å². The lowest BCUT2D eigenvalue weighted by Crippen LogP contribution is -2.29. The van der Waals surface area contributed by atoms with Gasteiger partial charge in [-0.2, -0.15) is 0 Å². The van der Waals surface area contributed by atoms with Gasteiger partial charge in [-0.25, -0.2) is 4.99 Å². The number of hydrogen-bond acceptors (Lipinski definition) is 5. The Labute approximate surface area is 190 Å². The zero-order chi connectivity index (χ0) is 21.8. The fraction of sp³-hybridized carbons (Fsp3) is 0.333.